The van der Waals surface area contributed by atoms with Crippen LogP contribution in [0.5, 0.6) is 0 Å². The molecule has 9 heteroatoms. The van der Waals surface area contributed by atoms with Crippen LogP contribution in [0.25, 0.3) is 16.7 Å². The topological polar surface area (TPSA) is 72.7 Å². The van der Waals surface area contributed by atoms with Crippen molar-refractivity contribution in [3.63, 3.8) is 0 Å². The Kier molecular flexibility index (Phi) is 3.70. The molecule has 24 heavy (non-hydrogen) atoms. The number of hydrogen-bond donors (Lipinski definition) is 1. The molecule has 0 bridgehead atoms. The molecule has 0 saturated heterocycles. The maximum Gasteiger partial charge on any atom is 0.433 e. The number of alkyl halides is 3. The van der Waals surface area contributed by atoms with Gasteiger partial charge in [-0.1, -0.05) is 0 Å². The number of hydrogen-bond acceptors (Lipinski definition) is 5. The van der Waals surface area contributed by atoms with Gasteiger partial charge in [-0.2, -0.15) is 18.2 Å². The fourth-order valence-electron chi connectivity index (χ4n) is 2.36. The van der Waals surface area contributed by atoms with Crippen LogP contribution in [0, 0.1) is 6.92 Å². The third-order valence-electron chi connectivity index (χ3n) is 3.52. The molecule has 0 fully saturated rings. The third kappa shape index (κ3) is 2.57. The molecule has 0 aliphatic carbocycles. The van der Waals surface area contributed by atoms with E-state index in [1.54, 1.807) is 13.0 Å². The Morgan fingerprint density at radius 2 is 1.92 bits per heavy atom. The molecule has 0 atom stereocenters. The molecule has 0 aliphatic heterocycles. The molecule has 3 rings (SSSR count). The Labute approximate surface area is 134 Å². The Morgan fingerprint density at radius 3 is 2.54 bits per heavy atom. The van der Waals surface area contributed by atoms with Crippen molar-refractivity contribution >= 4 is 16.9 Å². The fourth-order valence-corrected chi connectivity index (χ4v) is 2.36. The van der Waals surface area contributed by atoms with Gasteiger partial charge in [-0.25, -0.2) is 14.3 Å². The number of rotatable bonds is 2. The first-order chi connectivity index (χ1) is 11.3. The summed E-state index contributed by atoms with van der Waals surface area (Å²) in [6, 6.07) is 3.74. The van der Waals surface area contributed by atoms with E-state index >= 15 is 0 Å². The van der Waals surface area contributed by atoms with Crippen molar-refractivity contribution in [3.05, 3.63) is 52.3 Å². The number of nitrogens with one attached hydrogen (secondary N) is 1. The van der Waals surface area contributed by atoms with Crippen LogP contribution in [0.3, 0.4) is 0 Å². The molecule has 0 unspecified atom stereocenters. The van der Waals surface area contributed by atoms with Crippen LogP contribution < -0.4 is 11.0 Å². The summed E-state index contributed by atoms with van der Waals surface area (Å²) in [5.41, 5.74) is -0.973. The van der Waals surface area contributed by atoms with E-state index in [1.165, 1.54) is 25.5 Å². The van der Waals surface area contributed by atoms with Crippen molar-refractivity contribution < 1.29 is 13.2 Å². The minimum absolute atomic E-state index is 0.134. The molecule has 0 radical (unpaired) electrons. The zero-order valence-electron chi connectivity index (χ0n) is 12.7. The van der Waals surface area contributed by atoms with E-state index in [4.69, 9.17) is 0 Å². The van der Waals surface area contributed by atoms with Crippen molar-refractivity contribution in [1.82, 2.24) is 19.5 Å². The van der Waals surface area contributed by atoms with E-state index in [-0.39, 0.29) is 11.5 Å². The zero-order chi connectivity index (χ0) is 17.5. The van der Waals surface area contributed by atoms with Crippen LogP contribution in [0.15, 0.2) is 35.4 Å². The third-order valence-corrected chi connectivity index (χ3v) is 3.52. The first-order valence-electron chi connectivity index (χ1n) is 6.92. The predicted molar refractivity (Wildman–Crippen MR) is 82.2 cm³/mol. The molecule has 3 aromatic rings. The second kappa shape index (κ2) is 5.59. The number of halogens is 3. The molecular weight excluding hydrogens is 323 g/mol. The van der Waals surface area contributed by atoms with Gasteiger partial charge in [-0.15, -0.1) is 0 Å². The quantitative estimate of drug-likeness (QED) is 0.779. The molecule has 6 nitrogen and oxygen atoms in total. The second-order valence-corrected chi connectivity index (χ2v) is 5.06. The normalized spacial score (nSPS) is 11.7. The van der Waals surface area contributed by atoms with Gasteiger partial charge in [-0.3, -0.25) is 4.98 Å². The van der Waals surface area contributed by atoms with Crippen molar-refractivity contribution in [2.75, 3.05) is 12.4 Å². The van der Waals surface area contributed by atoms with Crippen LogP contribution in [0.4, 0.5) is 19.0 Å². The van der Waals surface area contributed by atoms with Gasteiger partial charge in [0.25, 0.3) is 0 Å². The fraction of sp³-hybridized carbons (Fsp3) is 0.200. The molecular formula is C15H12F3N5O. The lowest BCUT2D eigenvalue weighted by atomic mass is 10.2. The zero-order valence-corrected chi connectivity index (χ0v) is 12.7. The SMILES string of the molecule is CNc1nc(=O)n(-c2cnccc2C)c2nc(C(F)(F)F)ccc12. The monoisotopic (exact) mass is 335 g/mol. The van der Waals surface area contributed by atoms with Gasteiger partial charge in [-0.05, 0) is 30.7 Å². The van der Waals surface area contributed by atoms with E-state index in [0.29, 0.717) is 16.6 Å². The Morgan fingerprint density at radius 1 is 1.17 bits per heavy atom. The summed E-state index contributed by atoms with van der Waals surface area (Å²) in [7, 11) is 1.53. The van der Waals surface area contributed by atoms with Gasteiger partial charge >= 0.3 is 11.9 Å². The largest absolute Gasteiger partial charge is 0.433 e. The summed E-state index contributed by atoms with van der Waals surface area (Å²) < 4.78 is 40.1. The Bertz CT molecular complexity index is 981. The van der Waals surface area contributed by atoms with Crippen LogP contribution >= 0.6 is 0 Å². The smallest absolute Gasteiger partial charge is 0.372 e. The van der Waals surface area contributed by atoms with E-state index in [9.17, 15) is 18.0 Å². The summed E-state index contributed by atoms with van der Waals surface area (Å²) in [4.78, 5) is 23.9. The molecule has 0 saturated carbocycles. The first-order valence-corrected chi connectivity index (χ1v) is 6.92. The van der Waals surface area contributed by atoms with E-state index in [0.717, 1.165) is 10.6 Å². The molecule has 124 valence electrons. The highest BCUT2D eigenvalue weighted by atomic mass is 19.4. The average Bonchev–Trinajstić information content (AvgIpc) is 2.54. The van der Waals surface area contributed by atoms with Crippen LogP contribution in [0.2, 0.25) is 0 Å². The average molecular weight is 335 g/mol. The van der Waals surface area contributed by atoms with Gasteiger partial charge < -0.3 is 5.32 Å². The molecule has 0 aromatic carbocycles. The Balaban J connectivity index is 2.46. The van der Waals surface area contributed by atoms with E-state index in [1.807, 2.05) is 0 Å². The number of aromatic nitrogens is 4. The van der Waals surface area contributed by atoms with Gasteiger partial charge in [0.05, 0.1) is 17.3 Å². The number of aryl methyl sites for hydroxylation is 1. The summed E-state index contributed by atoms with van der Waals surface area (Å²) in [5.74, 6) is 0.161. The van der Waals surface area contributed by atoms with E-state index in [2.05, 4.69) is 20.3 Å². The number of nitrogens with zero attached hydrogens (tertiary/aromatic N) is 4. The van der Waals surface area contributed by atoms with Crippen molar-refractivity contribution in [2.24, 2.45) is 0 Å². The molecule has 0 spiro atoms. The predicted octanol–water partition coefficient (Wildman–Crippen LogP) is 2.54. The lowest BCUT2D eigenvalue weighted by Gasteiger charge is -2.14. The van der Waals surface area contributed by atoms with Gasteiger partial charge in [0, 0.05) is 13.2 Å². The highest BCUT2D eigenvalue weighted by Gasteiger charge is 2.33. The lowest BCUT2D eigenvalue weighted by Crippen LogP contribution is -2.25. The molecule has 0 amide bonds. The molecule has 1 N–H and O–H groups in total. The highest BCUT2D eigenvalue weighted by molar-refractivity contribution is 5.87. The molecule has 3 heterocycles. The molecule has 0 aliphatic rings. The summed E-state index contributed by atoms with van der Waals surface area (Å²) in [6.45, 7) is 1.72. The minimum atomic E-state index is -4.62. The lowest BCUT2D eigenvalue weighted by molar-refractivity contribution is -0.141. The minimum Gasteiger partial charge on any atom is -0.372 e. The molecule has 3 aromatic heterocycles. The van der Waals surface area contributed by atoms with Crippen molar-refractivity contribution in [1.29, 1.82) is 0 Å². The summed E-state index contributed by atoms with van der Waals surface area (Å²) in [5, 5.41) is 3.00. The van der Waals surface area contributed by atoms with Crippen LogP contribution in [0.1, 0.15) is 11.3 Å². The summed E-state index contributed by atoms with van der Waals surface area (Å²) >= 11 is 0. The number of fused-ring (bicyclic) bond motifs is 1. The van der Waals surface area contributed by atoms with Crippen LogP contribution in [-0.4, -0.2) is 26.6 Å². The van der Waals surface area contributed by atoms with E-state index < -0.39 is 17.6 Å². The number of pyridine rings is 2. The van der Waals surface area contributed by atoms with Gasteiger partial charge in [0.15, 0.2) is 5.65 Å². The van der Waals surface area contributed by atoms with Crippen molar-refractivity contribution in [2.45, 2.75) is 13.1 Å². The summed E-state index contributed by atoms with van der Waals surface area (Å²) in [6.07, 6.45) is -1.71. The van der Waals surface area contributed by atoms with Crippen LogP contribution in [-0.2, 0) is 6.18 Å². The standard InChI is InChI=1S/C15H12F3N5O/c1-8-5-6-20-7-10(8)23-13-9(12(19-2)22-14(23)24)3-4-11(21-13)15(16,17)18/h3-7H,1-2H3,(H,19,22,24). The first kappa shape index (κ1) is 15.9. The van der Waals surface area contributed by atoms with Gasteiger partial charge in [0.1, 0.15) is 11.5 Å². The van der Waals surface area contributed by atoms with Crippen molar-refractivity contribution in [3.8, 4) is 5.69 Å². The Hall–Kier alpha value is -2.97. The highest BCUT2D eigenvalue weighted by Crippen LogP contribution is 2.30. The second-order valence-electron chi connectivity index (χ2n) is 5.06. The number of anilines is 1. The van der Waals surface area contributed by atoms with Gasteiger partial charge in [0.2, 0.25) is 0 Å². The maximum absolute atomic E-state index is 13.0. The maximum atomic E-state index is 13.0.